The van der Waals surface area contributed by atoms with Crippen molar-refractivity contribution >= 4 is 22.5 Å². The molecule has 0 spiro atoms. The van der Waals surface area contributed by atoms with Crippen LogP contribution in [-0.2, 0) is 6.42 Å². The molecule has 0 N–H and O–H groups in total. The number of hydrogen-bond donors (Lipinski definition) is 0. The van der Waals surface area contributed by atoms with E-state index in [1.807, 2.05) is 18.2 Å². The van der Waals surface area contributed by atoms with Crippen molar-refractivity contribution in [3.05, 3.63) is 41.0 Å². The highest BCUT2D eigenvalue weighted by Crippen LogP contribution is 2.37. The number of hydrogen-bond acceptors (Lipinski definition) is 3. The largest absolute Gasteiger partial charge is 0.357 e. The van der Waals surface area contributed by atoms with Gasteiger partial charge in [0.25, 0.3) is 0 Å². The average molecular weight is 318 g/mol. The number of aromatic nitrogens is 2. The molecule has 24 heavy (non-hydrogen) atoms. The summed E-state index contributed by atoms with van der Waals surface area (Å²) in [4.78, 5) is 7.24. The Labute approximate surface area is 142 Å². The van der Waals surface area contributed by atoms with Crippen molar-refractivity contribution in [2.45, 2.75) is 33.6 Å². The Morgan fingerprint density at radius 3 is 2.83 bits per heavy atom. The standard InChI is InChI=1S/C20H22N4/c1-13(2)8-10-23-11-9-15-14(3)16(12-21)19-22-17-6-4-5-7-18(17)24(19)20(15)23/h4-7,13H,8-11H2,1-3H3. The normalized spacial score (nSPS) is 13.9. The van der Waals surface area contributed by atoms with Crippen molar-refractivity contribution in [3.63, 3.8) is 0 Å². The van der Waals surface area contributed by atoms with E-state index in [1.54, 1.807) is 0 Å². The maximum atomic E-state index is 9.70. The van der Waals surface area contributed by atoms with Crippen molar-refractivity contribution in [2.24, 2.45) is 5.92 Å². The second kappa shape index (κ2) is 5.52. The second-order valence-electron chi connectivity index (χ2n) is 7.09. The molecule has 0 fully saturated rings. The molecule has 4 rings (SSSR count). The van der Waals surface area contributed by atoms with E-state index in [9.17, 15) is 5.26 Å². The van der Waals surface area contributed by atoms with Crippen LogP contribution >= 0.6 is 0 Å². The molecule has 0 saturated carbocycles. The van der Waals surface area contributed by atoms with Gasteiger partial charge in [0.15, 0.2) is 5.65 Å². The van der Waals surface area contributed by atoms with E-state index >= 15 is 0 Å². The summed E-state index contributed by atoms with van der Waals surface area (Å²) in [6.45, 7) is 8.69. The van der Waals surface area contributed by atoms with Gasteiger partial charge in [-0.3, -0.25) is 4.40 Å². The number of nitrogens with zero attached hydrogens (tertiary/aromatic N) is 4. The minimum Gasteiger partial charge on any atom is -0.357 e. The van der Waals surface area contributed by atoms with Crippen LogP contribution in [0.15, 0.2) is 24.3 Å². The number of fused-ring (bicyclic) bond motifs is 5. The molecule has 3 aromatic rings. The molecule has 0 unspecified atom stereocenters. The van der Waals surface area contributed by atoms with Crippen LogP contribution < -0.4 is 4.90 Å². The van der Waals surface area contributed by atoms with Gasteiger partial charge >= 0.3 is 0 Å². The Balaban J connectivity index is 2.03. The van der Waals surface area contributed by atoms with Gasteiger partial charge in [0.1, 0.15) is 11.9 Å². The number of para-hydroxylation sites is 2. The van der Waals surface area contributed by atoms with E-state index in [-0.39, 0.29) is 0 Å². The molecule has 0 saturated heterocycles. The first-order valence-electron chi connectivity index (χ1n) is 8.69. The SMILES string of the molecule is Cc1c2c(n3c(nc4ccccc43)c1C#N)N(CCC(C)C)CC2. The molecule has 4 heteroatoms. The van der Waals surface area contributed by atoms with Crippen LogP contribution in [0.4, 0.5) is 5.82 Å². The fourth-order valence-electron chi connectivity index (χ4n) is 3.78. The Morgan fingerprint density at radius 1 is 1.29 bits per heavy atom. The molecule has 0 atom stereocenters. The predicted octanol–water partition coefficient (Wildman–Crippen LogP) is 4.08. The quantitative estimate of drug-likeness (QED) is 0.731. The molecule has 2 aromatic heterocycles. The Bertz CT molecular complexity index is 975. The smallest absolute Gasteiger partial charge is 0.157 e. The molecular formula is C20H22N4. The topological polar surface area (TPSA) is 44.3 Å². The molecule has 1 aliphatic rings. The first kappa shape index (κ1) is 15.0. The average Bonchev–Trinajstić information content (AvgIpc) is 3.14. The van der Waals surface area contributed by atoms with Crippen LogP contribution in [0.25, 0.3) is 16.7 Å². The minimum atomic E-state index is 0.684. The van der Waals surface area contributed by atoms with E-state index in [2.05, 4.69) is 42.2 Å². The fourth-order valence-corrected chi connectivity index (χ4v) is 3.78. The van der Waals surface area contributed by atoms with Gasteiger partial charge in [-0.1, -0.05) is 26.0 Å². The lowest BCUT2D eigenvalue weighted by Gasteiger charge is -2.22. The van der Waals surface area contributed by atoms with Crippen molar-refractivity contribution < 1.29 is 0 Å². The Kier molecular flexibility index (Phi) is 3.45. The van der Waals surface area contributed by atoms with Gasteiger partial charge in [-0.2, -0.15) is 5.26 Å². The molecule has 0 radical (unpaired) electrons. The lowest BCUT2D eigenvalue weighted by molar-refractivity contribution is 0.576. The van der Waals surface area contributed by atoms with E-state index in [0.29, 0.717) is 5.92 Å². The van der Waals surface area contributed by atoms with Gasteiger partial charge in [0.2, 0.25) is 0 Å². The Morgan fingerprint density at radius 2 is 2.08 bits per heavy atom. The fraction of sp³-hybridized carbons (Fsp3) is 0.400. The number of nitriles is 1. The highest BCUT2D eigenvalue weighted by atomic mass is 15.3. The van der Waals surface area contributed by atoms with Crippen molar-refractivity contribution in [1.82, 2.24) is 9.38 Å². The number of anilines is 1. The summed E-state index contributed by atoms with van der Waals surface area (Å²) in [7, 11) is 0. The van der Waals surface area contributed by atoms with Gasteiger partial charge in [-0.15, -0.1) is 0 Å². The second-order valence-corrected chi connectivity index (χ2v) is 7.09. The van der Waals surface area contributed by atoms with Crippen LogP contribution in [0.5, 0.6) is 0 Å². The van der Waals surface area contributed by atoms with Crippen molar-refractivity contribution in [3.8, 4) is 6.07 Å². The van der Waals surface area contributed by atoms with E-state index in [1.165, 1.54) is 17.8 Å². The highest BCUT2D eigenvalue weighted by molar-refractivity contribution is 5.86. The van der Waals surface area contributed by atoms with Crippen LogP contribution in [0.3, 0.4) is 0 Å². The van der Waals surface area contributed by atoms with Crippen molar-refractivity contribution in [2.75, 3.05) is 18.0 Å². The third-order valence-electron chi connectivity index (χ3n) is 5.11. The molecule has 1 aromatic carbocycles. The van der Waals surface area contributed by atoms with Gasteiger partial charge in [0.05, 0.1) is 16.6 Å². The zero-order valence-electron chi connectivity index (χ0n) is 14.5. The predicted molar refractivity (Wildman–Crippen MR) is 97.5 cm³/mol. The van der Waals surface area contributed by atoms with Gasteiger partial charge < -0.3 is 4.90 Å². The molecule has 4 nitrogen and oxygen atoms in total. The van der Waals surface area contributed by atoms with Gasteiger partial charge in [0, 0.05) is 13.1 Å². The molecule has 0 bridgehead atoms. The molecule has 122 valence electrons. The number of benzene rings is 1. The molecular weight excluding hydrogens is 296 g/mol. The summed E-state index contributed by atoms with van der Waals surface area (Å²) in [6.07, 6.45) is 2.18. The van der Waals surface area contributed by atoms with Crippen LogP contribution in [0.1, 0.15) is 37.0 Å². The van der Waals surface area contributed by atoms with Crippen LogP contribution in [-0.4, -0.2) is 22.5 Å². The molecule has 1 aliphatic heterocycles. The van der Waals surface area contributed by atoms with Crippen LogP contribution in [0.2, 0.25) is 0 Å². The number of rotatable bonds is 3. The van der Waals surface area contributed by atoms with Crippen LogP contribution in [0, 0.1) is 24.2 Å². The summed E-state index contributed by atoms with van der Waals surface area (Å²) in [6, 6.07) is 10.6. The highest BCUT2D eigenvalue weighted by Gasteiger charge is 2.28. The first-order valence-corrected chi connectivity index (χ1v) is 8.69. The lowest BCUT2D eigenvalue weighted by atomic mass is 10.0. The Hall–Kier alpha value is -2.54. The first-order chi connectivity index (χ1) is 11.6. The maximum Gasteiger partial charge on any atom is 0.157 e. The zero-order valence-corrected chi connectivity index (χ0v) is 14.5. The van der Waals surface area contributed by atoms with E-state index < -0.39 is 0 Å². The third kappa shape index (κ3) is 2.08. The maximum absolute atomic E-state index is 9.70. The number of pyridine rings is 1. The molecule has 0 amide bonds. The number of imidazole rings is 1. The van der Waals surface area contributed by atoms with Crippen molar-refractivity contribution in [1.29, 1.82) is 5.26 Å². The monoisotopic (exact) mass is 318 g/mol. The minimum absolute atomic E-state index is 0.684. The molecule has 3 heterocycles. The summed E-state index contributed by atoms with van der Waals surface area (Å²) in [5.41, 5.74) is 5.98. The van der Waals surface area contributed by atoms with Gasteiger partial charge in [-0.05, 0) is 48.9 Å². The zero-order chi connectivity index (χ0) is 16.8. The summed E-state index contributed by atoms with van der Waals surface area (Å²) < 4.78 is 2.21. The van der Waals surface area contributed by atoms with Gasteiger partial charge in [-0.25, -0.2) is 4.98 Å². The van der Waals surface area contributed by atoms with E-state index in [4.69, 9.17) is 4.98 Å². The summed E-state index contributed by atoms with van der Waals surface area (Å²) in [5.74, 6) is 1.93. The lowest BCUT2D eigenvalue weighted by Crippen LogP contribution is -2.24. The third-order valence-corrected chi connectivity index (χ3v) is 5.11. The van der Waals surface area contributed by atoms with E-state index in [0.717, 1.165) is 47.3 Å². The molecule has 0 aliphatic carbocycles. The summed E-state index contributed by atoms with van der Waals surface area (Å²) >= 11 is 0. The summed E-state index contributed by atoms with van der Waals surface area (Å²) in [5, 5.41) is 9.70.